The molecule has 2 rings (SSSR count). The number of para-hydroxylation sites is 2. The van der Waals surface area contributed by atoms with Gasteiger partial charge in [-0.15, -0.1) is 0 Å². The second-order valence-electron chi connectivity index (χ2n) is 5.29. The van der Waals surface area contributed by atoms with Crippen LogP contribution >= 0.6 is 0 Å². The number of hydrogen-bond donors (Lipinski definition) is 0. The van der Waals surface area contributed by atoms with E-state index in [0.29, 0.717) is 12.0 Å². The maximum Gasteiger partial charge on any atom is 0.314 e. The number of nitro benzene ring substituents is 1. The van der Waals surface area contributed by atoms with Crippen molar-refractivity contribution < 1.29 is 9.76 Å². The molecule has 1 aliphatic rings. The van der Waals surface area contributed by atoms with Gasteiger partial charge in [-0.2, -0.15) is 0 Å². The van der Waals surface area contributed by atoms with Crippen LogP contribution in [0.5, 0.6) is 5.75 Å². The topological polar surface area (TPSA) is 68.0 Å². The summed E-state index contributed by atoms with van der Waals surface area (Å²) in [5.41, 5.74) is 0.888. The van der Waals surface area contributed by atoms with Crippen LogP contribution in [-0.2, 0) is 0 Å². The van der Waals surface area contributed by atoms with Crippen LogP contribution in [0.15, 0.2) is 29.4 Å². The zero-order valence-corrected chi connectivity index (χ0v) is 11.9. The van der Waals surface area contributed by atoms with E-state index >= 15 is 0 Å². The van der Waals surface area contributed by atoms with Crippen LogP contribution in [0.3, 0.4) is 0 Å². The highest BCUT2D eigenvalue weighted by Gasteiger charge is 2.26. The fourth-order valence-electron chi connectivity index (χ4n) is 2.30. The fourth-order valence-corrected chi connectivity index (χ4v) is 2.30. The Morgan fingerprint density at radius 2 is 2.10 bits per heavy atom. The normalized spacial score (nSPS) is 25.6. The third-order valence-electron chi connectivity index (χ3n) is 3.71. The Morgan fingerprint density at radius 1 is 1.40 bits per heavy atom. The summed E-state index contributed by atoms with van der Waals surface area (Å²) in [4.78, 5) is 18.0. The van der Waals surface area contributed by atoms with Crippen molar-refractivity contribution in [2.45, 2.75) is 26.3 Å². The maximum absolute atomic E-state index is 10.9. The Balaban J connectivity index is 2.15. The summed E-state index contributed by atoms with van der Waals surface area (Å²) in [7, 11) is 2.08. The van der Waals surface area contributed by atoms with Gasteiger partial charge in [-0.3, -0.25) is 10.1 Å². The van der Waals surface area contributed by atoms with Crippen LogP contribution in [0.1, 0.15) is 20.3 Å². The van der Waals surface area contributed by atoms with E-state index in [4.69, 9.17) is 4.84 Å². The van der Waals surface area contributed by atoms with E-state index in [1.165, 1.54) is 6.07 Å². The van der Waals surface area contributed by atoms with Gasteiger partial charge in [-0.1, -0.05) is 24.2 Å². The van der Waals surface area contributed by atoms with Crippen molar-refractivity contribution >= 4 is 11.4 Å². The first-order valence-corrected chi connectivity index (χ1v) is 6.66. The lowest BCUT2D eigenvalue weighted by Crippen LogP contribution is -2.43. The minimum absolute atomic E-state index is 0.0644. The second-order valence-corrected chi connectivity index (χ2v) is 5.29. The second kappa shape index (κ2) is 6.00. The predicted octanol–water partition coefficient (Wildman–Crippen LogP) is 2.69. The number of nitro groups is 1. The van der Waals surface area contributed by atoms with Crippen molar-refractivity contribution in [1.29, 1.82) is 0 Å². The number of benzene rings is 1. The number of hydrogen-bond acceptors (Lipinski definition) is 5. The number of rotatable bonds is 3. The summed E-state index contributed by atoms with van der Waals surface area (Å²) >= 11 is 0. The molecule has 0 radical (unpaired) electrons. The molecule has 0 bridgehead atoms. The molecular weight excluding hydrogens is 258 g/mol. The standard InChI is InChI=1S/C14H19N3O3/c1-10-9-16(3)11(2)8-12(10)15-20-14-7-5-4-6-13(14)17(18)19/h4-7,10-11H,8-9H2,1-3H3/b15-12+/t10-,11+/m1/s1. The van der Waals surface area contributed by atoms with Crippen LogP contribution in [0.2, 0.25) is 0 Å². The summed E-state index contributed by atoms with van der Waals surface area (Å²) in [6, 6.07) is 6.68. The average molecular weight is 277 g/mol. The predicted molar refractivity (Wildman–Crippen MR) is 77.0 cm³/mol. The summed E-state index contributed by atoms with van der Waals surface area (Å²) < 4.78 is 0. The zero-order valence-electron chi connectivity index (χ0n) is 11.9. The van der Waals surface area contributed by atoms with Crippen molar-refractivity contribution in [1.82, 2.24) is 4.90 Å². The van der Waals surface area contributed by atoms with E-state index in [1.807, 2.05) is 0 Å². The molecule has 0 aromatic heterocycles. The third-order valence-corrected chi connectivity index (χ3v) is 3.71. The van der Waals surface area contributed by atoms with Gasteiger partial charge in [0, 0.05) is 31.0 Å². The Hall–Kier alpha value is -1.95. The van der Waals surface area contributed by atoms with Gasteiger partial charge in [0.1, 0.15) is 0 Å². The molecule has 0 N–H and O–H groups in total. The molecule has 6 nitrogen and oxygen atoms in total. The molecule has 0 unspecified atom stereocenters. The molecule has 1 fully saturated rings. The number of likely N-dealkylation sites (tertiary alicyclic amines) is 1. The van der Waals surface area contributed by atoms with Crippen molar-refractivity contribution in [3.8, 4) is 5.75 Å². The third kappa shape index (κ3) is 3.14. The number of oxime groups is 1. The summed E-state index contributed by atoms with van der Waals surface area (Å²) in [6.07, 6.45) is 0.818. The van der Waals surface area contributed by atoms with Gasteiger partial charge < -0.3 is 9.74 Å². The monoisotopic (exact) mass is 277 g/mol. The van der Waals surface area contributed by atoms with E-state index < -0.39 is 4.92 Å². The molecule has 1 aliphatic heterocycles. The number of piperidine rings is 1. The van der Waals surface area contributed by atoms with Crippen LogP contribution in [0, 0.1) is 16.0 Å². The fraction of sp³-hybridized carbons (Fsp3) is 0.500. The molecular formula is C14H19N3O3. The molecule has 0 saturated carbocycles. The Morgan fingerprint density at radius 3 is 2.80 bits per heavy atom. The first kappa shape index (κ1) is 14.5. The van der Waals surface area contributed by atoms with Crippen LogP contribution < -0.4 is 4.84 Å². The smallest absolute Gasteiger partial charge is 0.314 e. The minimum atomic E-state index is -0.462. The highest BCUT2D eigenvalue weighted by molar-refractivity contribution is 5.87. The van der Waals surface area contributed by atoms with Crippen molar-refractivity contribution in [2.75, 3.05) is 13.6 Å². The largest absolute Gasteiger partial charge is 0.350 e. The maximum atomic E-state index is 10.9. The van der Waals surface area contributed by atoms with E-state index in [1.54, 1.807) is 18.2 Å². The Bertz CT molecular complexity index is 530. The molecule has 1 aromatic carbocycles. The van der Waals surface area contributed by atoms with Gasteiger partial charge in [0.05, 0.1) is 10.6 Å². The van der Waals surface area contributed by atoms with Crippen LogP contribution in [0.4, 0.5) is 5.69 Å². The molecule has 6 heteroatoms. The highest BCUT2D eigenvalue weighted by Crippen LogP contribution is 2.27. The molecule has 0 amide bonds. The molecule has 108 valence electrons. The van der Waals surface area contributed by atoms with Gasteiger partial charge in [0.15, 0.2) is 0 Å². The molecule has 2 atom stereocenters. The number of nitrogens with zero attached hydrogens (tertiary/aromatic N) is 3. The van der Waals surface area contributed by atoms with E-state index in [9.17, 15) is 10.1 Å². The average Bonchev–Trinajstić information content (AvgIpc) is 2.41. The first-order chi connectivity index (χ1) is 9.49. The highest BCUT2D eigenvalue weighted by atomic mass is 16.6. The lowest BCUT2D eigenvalue weighted by molar-refractivity contribution is -0.385. The van der Waals surface area contributed by atoms with Crippen LogP contribution in [-0.4, -0.2) is 35.2 Å². The molecule has 20 heavy (non-hydrogen) atoms. The van der Waals surface area contributed by atoms with Crippen LogP contribution in [0.25, 0.3) is 0 Å². The lowest BCUT2D eigenvalue weighted by atomic mass is 9.93. The van der Waals surface area contributed by atoms with Gasteiger partial charge in [-0.25, -0.2) is 0 Å². The quantitative estimate of drug-likeness (QED) is 0.629. The molecule has 1 aromatic rings. The van der Waals surface area contributed by atoms with Crippen molar-refractivity contribution in [2.24, 2.45) is 11.1 Å². The molecule has 1 heterocycles. The molecule has 1 saturated heterocycles. The molecule has 0 aliphatic carbocycles. The van der Waals surface area contributed by atoms with Crippen molar-refractivity contribution in [3.05, 3.63) is 34.4 Å². The van der Waals surface area contributed by atoms with Crippen molar-refractivity contribution in [3.63, 3.8) is 0 Å². The first-order valence-electron chi connectivity index (χ1n) is 6.66. The lowest BCUT2D eigenvalue weighted by Gasteiger charge is -2.34. The SMILES string of the molecule is C[C@@H]1CN(C)[C@@H](C)C/C1=N\Oc1ccccc1[N+](=O)[O-]. The van der Waals surface area contributed by atoms with Gasteiger partial charge in [0.2, 0.25) is 5.75 Å². The summed E-state index contributed by atoms with van der Waals surface area (Å²) in [6.45, 7) is 5.14. The zero-order chi connectivity index (χ0) is 14.7. The molecule has 0 spiro atoms. The van der Waals surface area contributed by atoms with Gasteiger partial charge in [0.25, 0.3) is 0 Å². The Kier molecular flexibility index (Phi) is 4.34. The van der Waals surface area contributed by atoms with E-state index in [0.717, 1.165) is 18.7 Å². The van der Waals surface area contributed by atoms with Gasteiger partial charge >= 0.3 is 5.69 Å². The Labute approximate surface area is 118 Å². The summed E-state index contributed by atoms with van der Waals surface area (Å²) in [5, 5.41) is 15.1. The summed E-state index contributed by atoms with van der Waals surface area (Å²) in [5.74, 6) is 0.475. The van der Waals surface area contributed by atoms with E-state index in [2.05, 4.69) is 31.0 Å². The minimum Gasteiger partial charge on any atom is -0.350 e. The van der Waals surface area contributed by atoms with E-state index in [-0.39, 0.29) is 11.4 Å². The van der Waals surface area contributed by atoms with Gasteiger partial charge in [-0.05, 0) is 20.0 Å².